The number of ether oxygens (including phenoxy) is 1. The van der Waals surface area contributed by atoms with Gasteiger partial charge in [0.05, 0.1) is 18.7 Å². The fourth-order valence-corrected chi connectivity index (χ4v) is 2.98. The first kappa shape index (κ1) is 15.5. The number of unbranched alkanes of at least 4 members (excludes halogenated alkanes) is 1. The monoisotopic (exact) mass is 286 g/mol. The van der Waals surface area contributed by atoms with Gasteiger partial charge in [-0.2, -0.15) is 5.26 Å². The highest BCUT2D eigenvalue weighted by atomic mass is 16.5. The molecule has 0 spiro atoms. The second-order valence-electron chi connectivity index (χ2n) is 5.57. The van der Waals surface area contributed by atoms with Gasteiger partial charge in [0.2, 0.25) is 0 Å². The number of methoxy groups -OCH3 is 1. The molecule has 2 rings (SSSR count). The summed E-state index contributed by atoms with van der Waals surface area (Å²) in [7, 11) is 1.42. The van der Waals surface area contributed by atoms with E-state index in [0.717, 1.165) is 44.5 Å². The van der Waals surface area contributed by atoms with Gasteiger partial charge >= 0.3 is 5.97 Å². The average molecular weight is 286 g/mol. The highest BCUT2D eigenvalue weighted by Crippen LogP contribution is 2.23. The van der Waals surface area contributed by atoms with Gasteiger partial charge in [0.1, 0.15) is 0 Å². The molecule has 0 aromatic heterocycles. The molecule has 112 valence electrons. The molecule has 0 aliphatic carbocycles. The lowest BCUT2D eigenvalue weighted by molar-refractivity contribution is 0.0599. The Labute approximate surface area is 126 Å². The van der Waals surface area contributed by atoms with Gasteiger partial charge in [0, 0.05) is 13.0 Å². The fraction of sp³-hybridized carbons (Fsp3) is 0.529. The third-order valence-corrected chi connectivity index (χ3v) is 4.06. The minimum Gasteiger partial charge on any atom is -0.465 e. The molecule has 21 heavy (non-hydrogen) atoms. The van der Waals surface area contributed by atoms with Crippen LogP contribution in [0.2, 0.25) is 0 Å². The van der Waals surface area contributed by atoms with E-state index in [1.807, 2.05) is 24.3 Å². The van der Waals surface area contributed by atoms with Crippen LogP contribution in [0.25, 0.3) is 0 Å². The van der Waals surface area contributed by atoms with E-state index in [0.29, 0.717) is 17.9 Å². The van der Waals surface area contributed by atoms with E-state index in [9.17, 15) is 4.79 Å². The zero-order valence-corrected chi connectivity index (χ0v) is 12.5. The molecule has 0 radical (unpaired) electrons. The Morgan fingerprint density at radius 3 is 3.05 bits per heavy atom. The molecular weight excluding hydrogens is 264 g/mol. The molecule has 1 saturated heterocycles. The summed E-state index contributed by atoms with van der Waals surface area (Å²) < 4.78 is 4.85. The Bertz CT molecular complexity index is 522. The van der Waals surface area contributed by atoms with Crippen LogP contribution in [-0.2, 0) is 11.2 Å². The predicted octanol–water partition coefficient (Wildman–Crippen LogP) is 2.64. The molecule has 0 amide bonds. The van der Waals surface area contributed by atoms with E-state index in [2.05, 4.69) is 11.0 Å². The van der Waals surface area contributed by atoms with Crippen molar-refractivity contribution in [3.05, 3.63) is 35.4 Å². The maximum absolute atomic E-state index is 11.8. The average Bonchev–Trinajstić information content (AvgIpc) is 2.95. The van der Waals surface area contributed by atoms with Gasteiger partial charge in [-0.1, -0.05) is 18.2 Å². The van der Waals surface area contributed by atoms with Gasteiger partial charge < -0.3 is 9.64 Å². The zero-order valence-electron chi connectivity index (χ0n) is 12.5. The van der Waals surface area contributed by atoms with Crippen molar-refractivity contribution < 1.29 is 9.53 Å². The highest BCUT2D eigenvalue weighted by molar-refractivity contribution is 5.90. The molecule has 1 fully saturated rings. The molecule has 1 aliphatic rings. The van der Waals surface area contributed by atoms with Crippen molar-refractivity contribution in [1.82, 2.24) is 4.90 Å². The Morgan fingerprint density at radius 1 is 1.48 bits per heavy atom. The van der Waals surface area contributed by atoms with Crippen LogP contribution < -0.4 is 0 Å². The summed E-state index contributed by atoms with van der Waals surface area (Å²) in [4.78, 5) is 14.2. The van der Waals surface area contributed by atoms with E-state index in [4.69, 9.17) is 10.00 Å². The van der Waals surface area contributed by atoms with E-state index >= 15 is 0 Å². The van der Waals surface area contributed by atoms with E-state index < -0.39 is 0 Å². The lowest BCUT2D eigenvalue weighted by Crippen LogP contribution is -2.22. The lowest BCUT2D eigenvalue weighted by atomic mass is 9.95. The first-order valence-corrected chi connectivity index (χ1v) is 7.50. The summed E-state index contributed by atoms with van der Waals surface area (Å²) in [5.74, 6) is 0.326. The molecule has 1 atom stereocenters. The molecule has 1 aromatic carbocycles. The van der Waals surface area contributed by atoms with Crippen LogP contribution in [0.3, 0.4) is 0 Å². The standard InChI is InChI=1S/C17H22N2O2/c1-21-17(20)16-7-3-2-6-15(16)12-14-8-11-19(13-14)10-5-4-9-18/h2-3,6-7,14H,4-5,8,10-13H2,1H3. The van der Waals surface area contributed by atoms with Crippen molar-refractivity contribution in [2.24, 2.45) is 5.92 Å². The maximum atomic E-state index is 11.8. The molecule has 4 nitrogen and oxygen atoms in total. The number of likely N-dealkylation sites (tertiary alicyclic amines) is 1. The number of carbonyl (C=O) groups is 1. The number of benzene rings is 1. The Morgan fingerprint density at radius 2 is 2.29 bits per heavy atom. The molecule has 1 aromatic rings. The van der Waals surface area contributed by atoms with Gasteiger partial charge in [-0.15, -0.1) is 0 Å². The third kappa shape index (κ3) is 4.30. The SMILES string of the molecule is COC(=O)c1ccccc1CC1CCN(CCCC#N)C1. The van der Waals surface area contributed by atoms with Crippen LogP contribution in [0.4, 0.5) is 0 Å². The first-order chi connectivity index (χ1) is 10.2. The summed E-state index contributed by atoms with van der Waals surface area (Å²) in [5, 5.41) is 8.58. The molecule has 1 heterocycles. The fourth-order valence-electron chi connectivity index (χ4n) is 2.98. The summed E-state index contributed by atoms with van der Waals surface area (Å²) in [6.07, 6.45) is 3.65. The molecule has 0 N–H and O–H groups in total. The van der Waals surface area contributed by atoms with Crippen LogP contribution in [0, 0.1) is 17.2 Å². The van der Waals surface area contributed by atoms with Crippen molar-refractivity contribution in [1.29, 1.82) is 5.26 Å². The second-order valence-corrected chi connectivity index (χ2v) is 5.57. The topological polar surface area (TPSA) is 53.3 Å². The maximum Gasteiger partial charge on any atom is 0.338 e. The van der Waals surface area contributed by atoms with Gasteiger partial charge in [-0.25, -0.2) is 4.79 Å². The van der Waals surface area contributed by atoms with Crippen molar-refractivity contribution in [3.63, 3.8) is 0 Å². The predicted molar refractivity (Wildman–Crippen MR) is 80.9 cm³/mol. The minimum absolute atomic E-state index is 0.255. The van der Waals surface area contributed by atoms with E-state index in [-0.39, 0.29) is 5.97 Å². The largest absolute Gasteiger partial charge is 0.465 e. The van der Waals surface area contributed by atoms with Gasteiger partial charge in [-0.05, 0) is 49.9 Å². The van der Waals surface area contributed by atoms with Crippen LogP contribution in [-0.4, -0.2) is 37.6 Å². The van der Waals surface area contributed by atoms with E-state index in [1.165, 1.54) is 7.11 Å². The normalized spacial score (nSPS) is 18.4. The summed E-state index contributed by atoms with van der Waals surface area (Å²) in [5.41, 5.74) is 1.76. The number of esters is 1. The number of carbonyl (C=O) groups excluding carboxylic acids is 1. The second kappa shape index (κ2) is 7.80. The number of hydrogen-bond donors (Lipinski definition) is 0. The van der Waals surface area contributed by atoms with E-state index in [1.54, 1.807) is 0 Å². The number of rotatable bonds is 6. The zero-order chi connectivity index (χ0) is 15.1. The summed E-state index contributed by atoms with van der Waals surface area (Å²) in [6, 6.07) is 9.89. The third-order valence-electron chi connectivity index (χ3n) is 4.06. The quantitative estimate of drug-likeness (QED) is 0.596. The van der Waals surface area contributed by atoms with Crippen molar-refractivity contribution in [3.8, 4) is 6.07 Å². The molecule has 1 unspecified atom stereocenters. The minimum atomic E-state index is -0.255. The molecule has 4 heteroatoms. The molecule has 0 bridgehead atoms. The molecule has 0 saturated carbocycles. The van der Waals surface area contributed by atoms with Gasteiger partial charge in [0.25, 0.3) is 0 Å². The van der Waals surface area contributed by atoms with Crippen molar-refractivity contribution in [2.75, 3.05) is 26.7 Å². The highest BCUT2D eigenvalue weighted by Gasteiger charge is 2.23. The lowest BCUT2D eigenvalue weighted by Gasteiger charge is -2.16. The smallest absolute Gasteiger partial charge is 0.338 e. The van der Waals surface area contributed by atoms with Crippen LogP contribution in [0.5, 0.6) is 0 Å². The van der Waals surface area contributed by atoms with Crippen LogP contribution in [0.1, 0.15) is 35.2 Å². The number of nitrogens with zero attached hydrogens (tertiary/aromatic N) is 2. The Balaban J connectivity index is 1.91. The number of hydrogen-bond acceptors (Lipinski definition) is 4. The van der Waals surface area contributed by atoms with Crippen molar-refractivity contribution in [2.45, 2.75) is 25.7 Å². The van der Waals surface area contributed by atoms with Gasteiger partial charge in [0.15, 0.2) is 0 Å². The first-order valence-electron chi connectivity index (χ1n) is 7.50. The Kier molecular flexibility index (Phi) is 5.77. The van der Waals surface area contributed by atoms with Gasteiger partial charge in [-0.3, -0.25) is 0 Å². The van der Waals surface area contributed by atoms with Crippen molar-refractivity contribution >= 4 is 5.97 Å². The van der Waals surface area contributed by atoms with Crippen LogP contribution >= 0.6 is 0 Å². The molecular formula is C17H22N2O2. The Hall–Kier alpha value is -1.86. The summed E-state index contributed by atoms with van der Waals surface area (Å²) >= 11 is 0. The van der Waals surface area contributed by atoms with Crippen LogP contribution in [0.15, 0.2) is 24.3 Å². The molecule has 1 aliphatic heterocycles. The number of nitriles is 1. The summed E-state index contributed by atoms with van der Waals surface area (Å²) in [6.45, 7) is 3.15.